The number of aromatic nitrogens is 1. The molecule has 2 amide bonds. The Kier molecular flexibility index (Phi) is 5.90. The molecule has 1 aromatic heterocycles. The second-order valence-corrected chi connectivity index (χ2v) is 6.65. The van der Waals surface area contributed by atoms with E-state index in [9.17, 15) is 9.59 Å². The fourth-order valence-electron chi connectivity index (χ4n) is 2.81. The van der Waals surface area contributed by atoms with Gasteiger partial charge in [0.15, 0.2) is 6.61 Å². The van der Waals surface area contributed by atoms with Crippen LogP contribution in [0.4, 0.5) is 11.5 Å². The fraction of sp³-hybridized carbons (Fsp3) is 0.350. The molecule has 1 saturated heterocycles. The molecule has 1 aliphatic heterocycles. The first-order chi connectivity index (χ1) is 13.0. The summed E-state index contributed by atoms with van der Waals surface area (Å²) in [5, 5.41) is 2.79. The molecule has 0 atom stereocenters. The Balaban J connectivity index is 1.60. The number of carbonyl (C=O) groups excluding carboxylic acids is 2. The van der Waals surface area contributed by atoms with Crippen molar-refractivity contribution in [2.45, 2.75) is 12.8 Å². The molecule has 142 valence electrons. The van der Waals surface area contributed by atoms with Crippen LogP contribution in [0.2, 0.25) is 0 Å². The number of hydrogen-bond acceptors (Lipinski definition) is 5. The lowest BCUT2D eigenvalue weighted by Crippen LogP contribution is -2.27. The van der Waals surface area contributed by atoms with Gasteiger partial charge in [0.1, 0.15) is 11.6 Å². The predicted molar refractivity (Wildman–Crippen MR) is 104 cm³/mol. The van der Waals surface area contributed by atoms with Crippen LogP contribution in [-0.2, 0) is 4.79 Å². The van der Waals surface area contributed by atoms with Crippen molar-refractivity contribution in [1.29, 1.82) is 0 Å². The Hall–Kier alpha value is -3.09. The van der Waals surface area contributed by atoms with Gasteiger partial charge in [0.25, 0.3) is 11.8 Å². The van der Waals surface area contributed by atoms with Crippen molar-refractivity contribution in [3.05, 3.63) is 48.2 Å². The van der Waals surface area contributed by atoms with Crippen LogP contribution in [0.15, 0.2) is 42.6 Å². The maximum Gasteiger partial charge on any atom is 0.259 e. The Morgan fingerprint density at radius 1 is 1.19 bits per heavy atom. The van der Waals surface area contributed by atoms with E-state index in [2.05, 4.69) is 15.2 Å². The highest BCUT2D eigenvalue weighted by atomic mass is 16.5. The van der Waals surface area contributed by atoms with E-state index >= 15 is 0 Å². The standard InChI is InChI=1S/C20H24N4O3/c1-23(2)19(25)14-27-17-7-5-6-15(12-17)20(26)22-18-9-8-16(13-21-18)24-10-3-4-11-24/h5-9,12-13H,3-4,10-11,14H2,1-2H3,(H,21,22,26). The first-order valence-electron chi connectivity index (χ1n) is 8.98. The summed E-state index contributed by atoms with van der Waals surface area (Å²) in [6, 6.07) is 10.5. The number of ether oxygens (including phenoxy) is 1. The molecule has 1 N–H and O–H groups in total. The summed E-state index contributed by atoms with van der Waals surface area (Å²) in [6.45, 7) is 2.03. The van der Waals surface area contributed by atoms with E-state index in [1.807, 2.05) is 12.1 Å². The molecule has 27 heavy (non-hydrogen) atoms. The summed E-state index contributed by atoms with van der Waals surface area (Å²) in [4.78, 5) is 32.1. The molecule has 0 spiro atoms. The third-order valence-electron chi connectivity index (χ3n) is 4.42. The number of amides is 2. The van der Waals surface area contributed by atoms with E-state index in [0.29, 0.717) is 17.1 Å². The highest BCUT2D eigenvalue weighted by Gasteiger charge is 2.13. The van der Waals surface area contributed by atoms with E-state index in [-0.39, 0.29) is 18.4 Å². The molecule has 2 aromatic rings. The lowest BCUT2D eigenvalue weighted by atomic mass is 10.2. The van der Waals surface area contributed by atoms with Crippen LogP contribution in [0.5, 0.6) is 5.75 Å². The van der Waals surface area contributed by atoms with Gasteiger partial charge in [0, 0.05) is 32.7 Å². The lowest BCUT2D eigenvalue weighted by molar-refractivity contribution is -0.130. The van der Waals surface area contributed by atoms with Crippen molar-refractivity contribution < 1.29 is 14.3 Å². The topological polar surface area (TPSA) is 74.8 Å². The Morgan fingerprint density at radius 2 is 1.96 bits per heavy atom. The van der Waals surface area contributed by atoms with Gasteiger partial charge in [-0.15, -0.1) is 0 Å². The number of carbonyl (C=O) groups is 2. The average molecular weight is 368 g/mol. The second kappa shape index (κ2) is 8.53. The highest BCUT2D eigenvalue weighted by Crippen LogP contribution is 2.21. The zero-order valence-electron chi connectivity index (χ0n) is 15.6. The van der Waals surface area contributed by atoms with Crippen molar-refractivity contribution >= 4 is 23.3 Å². The van der Waals surface area contributed by atoms with Crippen LogP contribution in [0, 0.1) is 0 Å². The summed E-state index contributed by atoms with van der Waals surface area (Å²) in [5.41, 5.74) is 1.52. The van der Waals surface area contributed by atoms with Crippen molar-refractivity contribution in [3.63, 3.8) is 0 Å². The smallest absolute Gasteiger partial charge is 0.259 e. The molecule has 0 saturated carbocycles. The van der Waals surface area contributed by atoms with Gasteiger partial charge in [0.05, 0.1) is 11.9 Å². The number of hydrogen-bond donors (Lipinski definition) is 1. The van der Waals surface area contributed by atoms with E-state index in [0.717, 1.165) is 18.8 Å². The van der Waals surface area contributed by atoms with Crippen LogP contribution in [0.25, 0.3) is 0 Å². The lowest BCUT2D eigenvalue weighted by Gasteiger charge is -2.17. The summed E-state index contributed by atoms with van der Waals surface area (Å²) in [6.07, 6.45) is 4.20. The second-order valence-electron chi connectivity index (χ2n) is 6.65. The van der Waals surface area contributed by atoms with Gasteiger partial charge in [-0.3, -0.25) is 9.59 Å². The number of rotatable bonds is 6. The summed E-state index contributed by atoms with van der Waals surface area (Å²) >= 11 is 0. The molecule has 7 nitrogen and oxygen atoms in total. The minimum Gasteiger partial charge on any atom is -0.484 e. The average Bonchev–Trinajstić information content (AvgIpc) is 3.21. The molecule has 2 heterocycles. The first-order valence-corrected chi connectivity index (χ1v) is 8.98. The van der Waals surface area contributed by atoms with Crippen LogP contribution in [-0.4, -0.2) is 55.5 Å². The zero-order valence-corrected chi connectivity index (χ0v) is 15.6. The normalized spacial score (nSPS) is 13.3. The van der Waals surface area contributed by atoms with Crippen LogP contribution < -0.4 is 15.0 Å². The number of nitrogens with one attached hydrogen (secondary N) is 1. The summed E-state index contributed by atoms with van der Waals surface area (Å²) in [7, 11) is 3.33. The Bertz CT molecular complexity index is 799. The quantitative estimate of drug-likeness (QED) is 0.847. The van der Waals surface area contributed by atoms with Crippen molar-refractivity contribution in [3.8, 4) is 5.75 Å². The van der Waals surface area contributed by atoms with Crippen LogP contribution in [0.3, 0.4) is 0 Å². The van der Waals surface area contributed by atoms with E-state index < -0.39 is 0 Å². The van der Waals surface area contributed by atoms with Crippen molar-refractivity contribution in [1.82, 2.24) is 9.88 Å². The van der Waals surface area contributed by atoms with E-state index in [1.165, 1.54) is 17.7 Å². The molecular weight excluding hydrogens is 344 g/mol. The van der Waals surface area contributed by atoms with E-state index in [1.54, 1.807) is 44.6 Å². The van der Waals surface area contributed by atoms with Crippen molar-refractivity contribution in [2.24, 2.45) is 0 Å². The molecular formula is C20H24N4O3. The molecule has 1 aliphatic rings. The van der Waals surface area contributed by atoms with Crippen LogP contribution in [0.1, 0.15) is 23.2 Å². The minimum atomic E-state index is -0.277. The Labute approximate surface area is 158 Å². The minimum absolute atomic E-state index is 0.0718. The number of anilines is 2. The summed E-state index contributed by atoms with van der Waals surface area (Å²) in [5.74, 6) is 0.542. The molecule has 0 unspecified atom stereocenters. The first kappa shape index (κ1) is 18.7. The monoisotopic (exact) mass is 368 g/mol. The van der Waals surface area contributed by atoms with Gasteiger partial charge >= 0.3 is 0 Å². The van der Waals surface area contributed by atoms with Gasteiger partial charge in [-0.25, -0.2) is 4.98 Å². The predicted octanol–water partition coefficient (Wildman–Crippen LogP) is 2.40. The molecule has 0 aliphatic carbocycles. The highest BCUT2D eigenvalue weighted by molar-refractivity contribution is 6.04. The third kappa shape index (κ3) is 4.97. The number of benzene rings is 1. The number of pyridine rings is 1. The van der Waals surface area contributed by atoms with Gasteiger partial charge in [-0.1, -0.05) is 6.07 Å². The van der Waals surface area contributed by atoms with Crippen molar-refractivity contribution in [2.75, 3.05) is 44.0 Å². The largest absolute Gasteiger partial charge is 0.484 e. The van der Waals surface area contributed by atoms with Gasteiger partial charge in [-0.05, 0) is 43.2 Å². The molecule has 3 rings (SSSR count). The molecule has 0 bridgehead atoms. The zero-order chi connectivity index (χ0) is 19.2. The van der Waals surface area contributed by atoms with Gasteiger partial charge in [-0.2, -0.15) is 0 Å². The maximum atomic E-state index is 12.5. The van der Waals surface area contributed by atoms with Crippen LogP contribution >= 0.6 is 0 Å². The van der Waals surface area contributed by atoms with Gasteiger partial charge < -0.3 is 19.9 Å². The number of nitrogens with zero attached hydrogens (tertiary/aromatic N) is 3. The maximum absolute atomic E-state index is 12.5. The Morgan fingerprint density at radius 3 is 2.63 bits per heavy atom. The molecule has 0 radical (unpaired) electrons. The molecule has 7 heteroatoms. The molecule has 1 aromatic carbocycles. The summed E-state index contributed by atoms with van der Waals surface area (Å²) < 4.78 is 5.45. The fourth-order valence-corrected chi connectivity index (χ4v) is 2.81. The van der Waals surface area contributed by atoms with Gasteiger partial charge in [0.2, 0.25) is 0 Å². The third-order valence-corrected chi connectivity index (χ3v) is 4.42. The molecule has 1 fully saturated rings. The SMILES string of the molecule is CN(C)C(=O)COc1cccc(C(=O)Nc2ccc(N3CCCC3)cn2)c1. The number of likely N-dealkylation sites (N-methyl/N-ethyl adjacent to an activating group) is 1. The van der Waals surface area contributed by atoms with E-state index in [4.69, 9.17) is 4.74 Å².